The molecule has 4 aliphatic rings. The van der Waals surface area contributed by atoms with Crippen LogP contribution < -0.4 is 74.7 Å². The maximum Gasteiger partial charge on any atom is 0.336 e. The lowest BCUT2D eigenvalue weighted by atomic mass is 9.89. The number of nitro groups is 2. The Morgan fingerprint density at radius 2 is 0.894 bits per heavy atom. The predicted octanol–water partition coefficient (Wildman–Crippen LogP) is 13.7. The molecule has 4 heterocycles. The fourth-order valence-corrected chi connectivity index (χ4v) is 18.4. The van der Waals surface area contributed by atoms with Crippen molar-refractivity contribution >= 4 is 153 Å². The van der Waals surface area contributed by atoms with Gasteiger partial charge in [-0.25, -0.2) is 40.0 Å². The number of nitrogens with one attached hydrogen (secondary N) is 1. The van der Waals surface area contributed by atoms with Gasteiger partial charge in [-0.3, -0.25) is 25.0 Å². The van der Waals surface area contributed by atoms with Crippen molar-refractivity contribution in [3.63, 3.8) is 0 Å². The van der Waals surface area contributed by atoms with Gasteiger partial charge in [-0.05, 0) is 178 Å². The van der Waals surface area contributed by atoms with Gasteiger partial charge in [0.15, 0.2) is 11.3 Å². The van der Waals surface area contributed by atoms with Gasteiger partial charge in [-0.1, -0.05) is 114 Å². The van der Waals surface area contributed by atoms with E-state index in [2.05, 4.69) is 212 Å². The molecule has 0 atom stereocenters. The fourth-order valence-electron chi connectivity index (χ4n) is 16.0. The molecule has 4 N–H and O–H groups in total. The van der Waals surface area contributed by atoms with E-state index in [9.17, 15) is 51.8 Å². The van der Waals surface area contributed by atoms with Crippen LogP contribution in [0.1, 0.15) is 101 Å². The van der Waals surface area contributed by atoms with Crippen LogP contribution in [0.3, 0.4) is 0 Å². The number of sulfonamides is 1. The summed E-state index contributed by atoms with van der Waals surface area (Å²) in [4.78, 5) is 54.2. The van der Waals surface area contributed by atoms with E-state index in [0.717, 1.165) is 163 Å². The molecular formula is C106H108Cl4N14O15S2. The zero-order chi connectivity index (χ0) is 101. The van der Waals surface area contributed by atoms with Crippen LogP contribution in [-0.4, -0.2) is 158 Å². The molecule has 0 saturated heterocycles. The van der Waals surface area contributed by atoms with Gasteiger partial charge in [0.05, 0.1) is 55.4 Å². The number of aryl methyl sites for hydroxylation is 1. The summed E-state index contributed by atoms with van der Waals surface area (Å²) in [5.41, 5.74) is 18.3. The molecule has 0 saturated carbocycles. The van der Waals surface area contributed by atoms with Gasteiger partial charge in [0, 0.05) is 204 Å². The van der Waals surface area contributed by atoms with Crippen molar-refractivity contribution in [1.29, 1.82) is 0 Å². The number of nitrogens with two attached hydrogens (primary N) is 1. The lowest BCUT2D eigenvalue weighted by molar-refractivity contribution is -0.383. The van der Waals surface area contributed by atoms with Gasteiger partial charge >= 0.3 is 17.3 Å². The number of non-ortho nitro benzene ring substituents is 2. The number of carbonyl (C=O) groups excluding carboxylic acids is 1. The topological polar surface area (TPSA) is 370 Å². The number of terminal acetylenes is 4. The third-order valence-corrected chi connectivity index (χ3v) is 25.9. The van der Waals surface area contributed by atoms with Crippen LogP contribution in [0.2, 0.25) is 5.02 Å². The van der Waals surface area contributed by atoms with E-state index in [1.807, 2.05) is 111 Å². The number of fused-ring (bicyclic) bond motifs is 8. The molecule has 732 valence electrons. The van der Waals surface area contributed by atoms with Crippen LogP contribution in [0, 0.1) is 69.6 Å². The summed E-state index contributed by atoms with van der Waals surface area (Å²) >= 11 is 5.69. The average Bonchev–Trinajstić information content (AvgIpc) is 1.10. The Bertz CT molecular complexity index is 7690. The molecular weight excluding hydrogens is 1920 g/mol. The van der Waals surface area contributed by atoms with Gasteiger partial charge < -0.3 is 64.1 Å². The predicted molar refractivity (Wildman–Crippen MR) is 556 cm³/mol. The first-order valence-electron chi connectivity index (χ1n) is 44.6. The highest BCUT2D eigenvalue weighted by Gasteiger charge is 2.28. The Hall–Kier alpha value is -14.7. The highest BCUT2D eigenvalue weighted by Crippen LogP contribution is 2.45. The second kappa shape index (κ2) is 52.3. The lowest BCUT2D eigenvalue weighted by Crippen LogP contribution is -3.00. The minimum atomic E-state index is -3.72. The molecule has 12 aromatic rings. The van der Waals surface area contributed by atoms with Crippen molar-refractivity contribution in [1.82, 2.24) is 34.5 Å². The van der Waals surface area contributed by atoms with Crippen LogP contribution in [-0.2, 0) is 25.5 Å². The van der Waals surface area contributed by atoms with E-state index in [1.165, 1.54) is 24.3 Å². The third-order valence-electron chi connectivity index (χ3n) is 22.8. The highest BCUT2D eigenvalue weighted by molar-refractivity contribution is 8.14. The number of ketones is 1. The van der Waals surface area contributed by atoms with E-state index in [0.29, 0.717) is 59.6 Å². The van der Waals surface area contributed by atoms with Crippen molar-refractivity contribution in [2.75, 3.05) is 113 Å². The van der Waals surface area contributed by atoms with Gasteiger partial charge in [0.1, 0.15) is 54.4 Å². The number of benzene rings is 12. The van der Waals surface area contributed by atoms with Gasteiger partial charge in [-0.2, -0.15) is 4.72 Å². The van der Waals surface area contributed by atoms with Crippen molar-refractivity contribution < 1.29 is 84.3 Å². The number of Topliss-reactive ketones (excluding diaryl/α,β-unsaturated/α-hetero) is 1. The molecule has 2 aliphatic carbocycles. The number of aromatic carboxylic acids is 1. The Balaban J connectivity index is 0.000000212. The number of carboxylic acids is 1. The highest BCUT2D eigenvalue weighted by atomic mass is 35.7. The summed E-state index contributed by atoms with van der Waals surface area (Å²) in [5, 5.41) is 52.6. The van der Waals surface area contributed by atoms with Crippen molar-refractivity contribution in [2.24, 2.45) is 5.73 Å². The van der Waals surface area contributed by atoms with Gasteiger partial charge in [0.2, 0.25) is 31.8 Å². The van der Waals surface area contributed by atoms with Crippen LogP contribution >= 0.6 is 22.3 Å². The average molecular weight is 2020 g/mol. The zero-order valence-corrected chi connectivity index (χ0v) is 84.6. The summed E-state index contributed by atoms with van der Waals surface area (Å²) in [6.07, 6.45) is 22.3. The molecule has 0 spiro atoms. The van der Waals surface area contributed by atoms with E-state index in [-0.39, 0.29) is 85.4 Å². The second-order valence-electron chi connectivity index (χ2n) is 31.3. The van der Waals surface area contributed by atoms with E-state index < -0.39 is 34.9 Å². The van der Waals surface area contributed by atoms with Crippen molar-refractivity contribution in [3.05, 3.63) is 271 Å². The van der Waals surface area contributed by atoms with Crippen LogP contribution in [0.4, 0.5) is 34.1 Å². The number of hydrogen-bond donors (Lipinski definition) is 3. The molecule has 0 unspecified atom stereocenters. The number of carboxylic acid groups (broad SMARTS) is 1. The summed E-state index contributed by atoms with van der Waals surface area (Å²) in [6, 6.07) is 67.4. The quantitative estimate of drug-likeness (QED) is 0.00862. The molecule has 29 nitrogen and oxygen atoms in total. The molecule has 16 rings (SSSR count). The van der Waals surface area contributed by atoms with Crippen LogP contribution in [0.5, 0.6) is 0 Å². The number of carbonyl (C=O) groups is 2. The van der Waals surface area contributed by atoms with Crippen LogP contribution in [0.25, 0.3) is 110 Å². The second-order valence-corrected chi connectivity index (χ2v) is 35.9. The number of nitro benzene ring substituents is 2. The van der Waals surface area contributed by atoms with Crippen LogP contribution in [0.15, 0.2) is 246 Å². The minimum Gasteiger partial charge on any atom is -1.00 e. The standard InChI is InChI=1S/C32H35N2O2.C28H30N2O3.C15H16N2O2S.C12H12ClNO2S.C10H7N3O3.C6H2ClN3O3.C3H5N.2ClH/c1-6-11-16-29(35)25-14-12-13-15-26(25)32-27-19-17-23(33(7-2)8-3)21-30(27)36-31-22-24(18-20-28(31)32)34(9-4)10-5;1-5-29(6-2)19-13-15-23-25(17-19)33-26-18-20(30(7-3)8-4)14-16-24(26)27(23)21-11-9-10-12-22(21)28(31)32;1-4-11-16-20(18,19)15-10-6-7-12-13(15)8-5-9-14(12)17(2)3;1-14(2)11-7-3-6-10-9(11)5-4-8-12(10)17(13,15)16;1-2-3-4-7-5-6-8(13(14)15)10-9(7)11-16-12-10;7-3-1-2-4(10(11)12)6-5(3)8-13-9-6;1-2-3-4;;/h1,12-15,17-22H,7-11,16H2,2-5H3;9-18H,5-8H2,1-4H3;1,5-10,16H,11H2,2-3H3;3-8H,1-2H3;1,5-6H,3-4H2;1-2H;1H,3-4H2;2*1H/q+1;;;;;;;;/p-1. The number of anilines is 4. The summed E-state index contributed by atoms with van der Waals surface area (Å²) in [7, 11) is 5.78. The first-order chi connectivity index (χ1) is 66.8. The smallest absolute Gasteiger partial charge is 0.336 e. The monoisotopic (exact) mass is 2020 g/mol. The number of halogens is 4. The largest absolute Gasteiger partial charge is 1.00 e. The molecule has 35 heteroatoms. The number of hydrogen-bond acceptors (Lipinski definition) is 23. The molecule has 0 radical (unpaired) electrons. The Morgan fingerprint density at radius 1 is 0.475 bits per heavy atom. The minimum absolute atomic E-state index is 0. The van der Waals surface area contributed by atoms with E-state index in [1.54, 1.807) is 48.5 Å². The van der Waals surface area contributed by atoms with E-state index in [4.69, 9.17) is 56.1 Å². The normalized spacial score (nSPS) is 10.7. The maximum absolute atomic E-state index is 13.2. The van der Waals surface area contributed by atoms with Crippen molar-refractivity contribution in [3.8, 4) is 94.3 Å². The molecule has 2 aromatic heterocycles. The van der Waals surface area contributed by atoms with Gasteiger partial charge in [-0.15, -0.1) is 37.5 Å². The maximum atomic E-state index is 13.2. The number of nitrogens with zero attached hydrogens (tertiary/aromatic N) is 12. The van der Waals surface area contributed by atoms with Gasteiger partial charge in [0.25, 0.3) is 9.05 Å². The molecule has 141 heavy (non-hydrogen) atoms. The SMILES string of the molecule is C#CCCC(=O)c1ccccc1-c1c2ccc(=[N+](CC)CC)cc-2oc2cc(N(CC)CC)ccc12.C#CCCc1ccc([N+](=O)[O-])c2nonc12.C#CCN.C#CCNS(=O)(=O)c1cccc2c(N(C)C)cccc12.CCN(CC)c1ccc2c(-c3ccccc3C(=O)O)c3ccc(=[N+](CC)CC)cc-3oc2c1.CN(C)c1cccc2c(S(=O)(=O)Cl)cccc12.O=[N+]([O-])c1ccc(Cl)c2nonc12.[Cl-].[Cl-]. The first-order valence-corrected chi connectivity index (χ1v) is 48.8. The third kappa shape index (κ3) is 26.6. The Kier molecular flexibility index (Phi) is 41.4. The van der Waals surface area contributed by atoms with Crippen molar-refractivity contribution in [2.45, 2.75) is 90.9 Å². The first kappa shape index (κ1) is 112. The number of aromatic nitrogens is 4. The zero-order valence-electron chi connectivity index (χ0n) is 79.9. The molecule has 0 amide bonds. The Morgan fingerprint density at radius 3 is 1.33 bits per heavy atom. The summed E-state index contributed by atoms with van der Waals surface area (Å²) in [5.74, 6) is 10.3. The summed E-state index contributed by atoms with van der Waals surface area (Å²) in [6.45, 7) is 24.8. The Labute approximate surface area is 840 Å². The molecule has 0 bridgehead atoms. The number of rotatable bonds is 26. The van der Waals surface area contributed by atoms with E-state index >= 15 is 0 Å². The molecule has 0 fully saturated rings. The molecule has 2 aliphatic heterocycles. The fraction of sp³-hybridized carbons (Fsp3) is 0.245. The summed E-state index contributed by atoms with van der Waals surface area (Å²) < 4.78 is 76.4. The molecule has 10 aromatic carbocycles. The lowest BCUT2D eigenvalue weighted by Gasteiger charge is -2.22.